The minimum absolute atomic E-state index is 0.0731. The maximum absolute atomic E-state index is 15.1. The summed E-state index contributed by atoms with van der Waals surface area (Å²) in [5, 5.41) is 2.97. The van der Waals surface area contributed by atoms with Gasteiger partial charge in [0.1, 0.15) is 54.3 Å². The number of nitrogens with one attached hydrogen (secondary N) is 1. The number of carbonyl (C=O) groups excluding carboxylic acids is 4. The van der Waals surface area contributed by atoms with Crippen molar-refractivity contribution in [2.75, 3.05) is 13.1 Å². The lowest BCUT2D eigenvalue weighted by atomic mass is 10.0. The van der Waals surface area contributed by atoms with Crippen LogP contribution in [0.1, 0.15) is 81.4 Å². The molecule has 7 rings (SSSR count). The lowest BCUT2D eigenvalue weighted by Crippen LogP contribution is -2.60. The summed E-state index contributed by atoms with van der Waals surface area (Å²) in [5.41, 5.74) is 2.15. The standard InChI is InChI=1S/C53H52N2O10/c1-52(2,3)65-51(59)55-33-17-32-53(46(34-55)54-48(56)41-24-14-7-15-25-41,63-49(57)42-28-30-43(31-29-42)60-35-38-18-8-4-9-19-38)64-50(58)47-44(61-36-39-20-10-5-11-21-39)26-16-27-45(47)62-37-40-22-12-6-13-23-40/h4-16,18-31,46H,17,32-37H2,1-3H3,(H,54,56)/t46-,53-/m1/s1. The summed E-state index contributed by atoms with van der Waals surface area (Å²) in [4.78, 5) is 58.9. The summed E-state index contributed by atoms with van der Waals surface area (Å²) in [6.45, 7) is 5.63. The molecule has 334 valence electrons. The van der Waals surface area contributed by atoms with E-state index in [0.29, 0.717) is 12.4 Å². The highest BCUT2D eigenvalue weighted by atomic mass is 16.7. The molecule has 0 bridgehead atoms. The van der Waals surface area contributed by atoms with E-state index in [1.54, 1.807) is 93.6 Å². The molecule has 12 nitrogen and oxygen atoms in total. The highest BCUT2D eigenvalue weighted by molar-refractivity contribution is 5.97. The molecule has 1 saturated heterocycles. The predicted octanol–water partition coefficient (Wildman–Crippen LogP) is 9.96. The Balaban J connectivity index is 1.27. The normalized spacial score (nSPS) is 16.0. The molecule has 2 atom stereocenters. The molecule has 12 heteroatoms. The van der Waals surface area contributed by atoms with Gasteiger partial charge in [-0.25, -0.2) is 14.4 Å². The third-order valence-electron chi connectivity index (χ3n) is 10.4. The molecular formula is C53H52N2O10. The monoisotopic (exact) mass is 876 g/mol. The van der Waals surface area contributed by atoms with E-state index in [1.165, 1.54) is 4.90 Å². The lowest BCUT2D eigenvalue weighted by molar-refractivity contribution is -0.188. The Hall–Kier alpha value is -7.60. The van der Waals surface area contributed by atoms with E-state index in [4.69, 9.17) is 28.4 Å². The van der Waals surface area contributed by atoms with Crippen molar-refractivity contribution in [3.8, 4) is 17.2 Å². The van der Waals surface area contributed by atoms with E-state index in [2.05, 4.69) is 5.32 Å². The van der Waals surface area contributed by atoms with Crippen molar-refractivity contribution in [1.29, 1.82) is 0 Å². The lowest BCUT2D eigenvalue weighted by Gasteiger charge is -2.39. The minimum atomic E-state index is -2.21. The van der Waals surface area contributed by atoms with Crippen molar-refractivity contribution >= 4 is 23.9 Å². The topological polar surface area (TPSA) is 139 Å². The largest absolute Gasteiger partial charge is 0.489 e. The summed E-state index contributed by atoms with van der Waals surface area (Å²) in [6.07, 6.45) is -0.616. The van der Waals surface area contributed by atoms with Crippen molar-refractivity contribution in [1.82, 2.24) is 10.2 Å². The number of ether oxygens (including phenoxy) is 6. The Kier molecular flexibility index (Phi) is 14.8. The second kappa shape index (κ2) is 21.2. The van der Waals surface area contributed by atoms with Gasteiger partial charge in [-0.05, 0) is 92.4 Å². The zero-order chi connectivity index (χ0) is 45.7. The van der Waals surface area contributed by atoms with Gasteiger partial charge in [0.25, 0.3) is 11.7 Å². The zero-order valence-corrected chi connectivity index (χ0v) is 36.6. The predicted molar refractivity (Wildman–Crippen MR) is 244 cm³/mol. The highest BCUT2D eigenvalue weighted by Crippen LogP contribution is 2.37. The van der Waals surface area contributed by atoms with Gasteiger partial charge in [-0.3, -0.25) is 4.79 Å². The molecule has 1 aliphatic rings. The Morgan fingerprint density at radius 2 is 1.08 bits per heavy atom. The third kappa shape index (κ3) is 12.5. The van der Waals surface area contributed by atoms with Crippen molar-refractivity contribution in [2.24, 2.45) is 0 Å². The highest BCUT2D eigenvalue weighted by Gasteiger charge is 2.51. The van der Waals surface area contributed by atoms with Crippen molar-refractivity contribution in [2.45, 2.75) is 70.9 Å². The van der Waals surface area contributed by atoms with Gasteiger partial charge in [0.05, 0.1) is 12.1 Å². The van der Waals surface area contributed by atoms with Crippen LogP contribution < -0.4 is 19.5 Å². The van der Waals surface area contributed by atoms with Gasteiger partial charge in [0, 0.05) is 18.5 Å². The summed E-state index contributed by atoms with van der Waals surface area (Å²) in [5.74, 6) is -3.78. The van der Waals surface area contributed by atoms with Crippen molar-refractivity contribution < 1.29 is 47.6 Å². The number of hydrogen-bond acceptors (Lipinski definition) is 10. The van der Waals surface area contributed by atoms with Crippen LogP contribution in [-0.4, -0.2) is 59.4 Å². The number of likely N-dealkylation sites (tertiary alicyclic amines) is 1. The van der Waals surface area contributed by atoms with Gasteiger partial charge < -0.3 is 38.6 Å². The molecule has 1 heterocycles. The van der Waals surface area contributed by atoms with Crippen molar-refractivity contribution in [3.05, 3.63) is 197 Å². The molecular weight excluding hydrogens is 825 g/mol. The van der Waals surface area contributed by atoms with Gasteiger partial charge in [-0.2, -0.15) is 0 Å². The number of hydrogen-bond donors (Lipinski definition) is 1. The molecule has 65 heavy (non-hydrogen) atoms. The van der Waals surface area contributed by atoms with Crippen LogP contribution >= 0.6 is 0 Å². The van der Waals surface area contributed by atoms with Crippen LogP contribution in [0, 0.1) is 0 Å². The molecule has 6 aromatic carbocycles. The first-order valence-electron chi connectivity index (χ1n) is 21.5. The van der Waals surface area contributed by atoms with Crippen LogP contribution in [0.15, 0.2) is 164 Å². The molecule has 0 unspecified atom stereocenters. The van der Waals surface area contributed by atoms with Gasteiger partial charge in [-0.15, -0.1) is 0 Å². The average Bonchev–Trinajstić information content (AvgIpc) is 3.49. The Morgan fingerprint density at radius 1 is 0.585 bits per heavy atom. The fraction of sp³-hybridized carbons (Fsp3) is 0.245. The van der Waals surface area contributed by atoms with E-state index in [0.717, 1.165) is 16.7 Å². The summed E-state index contributed by atoms with van der Waals surface area (Å²) in [6, 6.07) is 47.0. The molecule has 1 aliphatic heterocycles. The molecule has 1 N–H and O–H groups in total. The number of nitrogens with zero attached hydrogens (tertiary/aromatic N) is 1. The molecule has 1 fully saturated rings. The van der Waals surface area contributed by atoms with E-state index < -0.39 is 41.4 Å². The number of esters is 2. The summed E-state index contributed by atoms with van der Waals surface area (Å²) in [7, 11) is 0. The quantitative estimate of drug-likeness (QED) is 0.0784. The summed E-state index contributed by atoms with van der Waals surface area (Å²) >= 11 is 0. The third-order valence-corrected chi connectivity index (χ3v) is 10.4. The van der Waals surface area contributed by atoms with E-state index >= 15 is 4.79 Å². The maximum atomic E-state index is 15.1. The number of rotatable bonds is 15. The van der Waals surface area contributed by atoms with E-state index in [9.17, 15) is 14.4 Å². The first-order chi connectivity index (χ1) is 31.4. The van der Waals surface area contributed by atoms with Crippen LogP contribution in [-0.2, 0) is 34.0 Å². The first kappa shape index (κ1) is 45.4. The van der Waals surface area contributed by atoms with Crippen LogP contribution in [0.3, 0.4) is 0 Å². The van der Waals surface area contributed by atoms with Gasteiger partial charge in [0.2, 0.25) is 0 Å². The minimum Gasteiger partial charge on any atom is -0.489 e. The SMILES string of the molecule is CC(C)(C)OC(=O)N1CCC[C@@](OC(=O)c2ccc(OCc3ccccc3)cc2)(OC(=O)c2c(OCc3ccccc3)cccc2OCc2ccccc2)[C@H](NC(=O)c2ccccc2)C1. The maximum Gasteiger partial charge on any atom is 0.410 e. The van der Waals surface area contributed by atoms with Gasteiger partial charge in [-0.1, -0.05) is 115 Å². The number of benzene rings is 6. The first-order valence-corrected chi connectivity index (χ1v) is 21.5. The Labute approximate surface area is 379 Å². The Bertz CT molecular complexity index is 2450. The van der Waals surface area contributed by atoms with Crippen LogP contribution in [0.4, 0.5) is 4.79 Å². The van der Waals surface area contributed by atoms with Crippen LogP contribution in [0.2, 0.25) is 0 Å². The fourth-order valence-electron chi connectivity index (χ4n) is 7.16. The van der Waals surface area contributed by atoms with Gasteiger partial charge >= 0.3 is 18.0 Å². The molecule has 0 spiro atoms. The molecule has 0 aromatic heterocycles. The summed E-state index contributed by atoms with van der Waals surface area (Å²) < 4.78 is 37.3. The smallest absolute Gasteiger partial charge is 0.410 e. The fourth-order valence-corrected chi connectivity index (χ4v) is 7.16. The van der Waals surface area contributed by atoms with Crippen LogP contribution in [0.5, 0.6) is 17.2 Å². The second-order valence-electron chi connectivity index (χ2n) is 16.5. The zero-order valence-electron chi connectivity index (χ0n) is 36.6. The number of amides is 2. The van der Waals surface area contributed by atoms with Gasteiger partial charge in [0.15, 0.2) is 0 Å². The molecule has 0 aliphatic carbocycles. The molecule has 2 amide bonds. The Morgan fingerprint density at radius 3 is 1.60 bits per heavy atom. The molecule has 0 radical (unpaired) electrons. The van der Waals surface area contributed by atoms with E-state index in [1.807, 2.05) is 91.0 Å². The van der Waals surface area contributed by atoms with Crippen LogP contribution in [0.25, 0.3) is 0 Å². The number of carbonyl (C=O) groups is 4. The second-order valence-corrected chi connectivity index (χ2v) is 16.5. The van der Waals surface area contributed by atoms with E-state index in [-0.39, 0.29) is 67.3 Å². The van der Waals surface area contributed by atoms with Crippen molar-refractivity contribution in [3.63, 3.8) is 0 Å². The molecule has 6 aromatic rings. The molecule has 0 saturated carbocycles. The average molecular weight is 877 g/mol.